The molecule has 0 spiro atoms. The number of fused-ring (bicyclic) bond motifs is 2. The van der Waals surface area contributed by atoms with Gasteiger partial charge in [0.1, 0.15) is 6.04 Å². The molecule has 20 heavy (non-hydrogen) atoms. The summed E-state index contributed by atoms with van der Waals surface area (Å²) >= 11 is 0. The maximum atomic E-state index is 12.5. The minimum atomic E-state index is -0.699. The molecule has 3 rings (SSSR count). The number of methoxy groups -OCH3 is 1. The lowest BCUT2D eigenvalue weighted by atomic mass is 10.1. The van der Waals surface area contributed by atoms with Gasteiger partial charge in [0.15, 0.2) is 11.5 Å². The molecule has 2 aliphatic rings. The Hall–Kier alpha value is -2.28. The summed E-state index contributed by atoms with van der Waals surface area (Å²) in [7, 11) is 1.38. The van der Waals surface area contributed by atoms with Crippen molar-refractivity contribution >= 4 is 17.5 Å². The second-order valence-corrected chi connectivity index (χ2v) is 4.92. The molecule has 2 amide bonds. The number of carbonyl (C=O) groups is 2. The van der Waals surface area contributed by atoms with E-state index in [1.54, 1.807) is 0 Å². The Morgan fingerprint density at radius 1 is 1.40 bits per heavy atom. The molecule has 0 saturated carbocycles. The van der Waals surface area contributed by atoms with Crippen LogP contribution in [0.5, 0.6) is 11.5 Å². The van der Waals surface area contributed by atoms with Gasteiger partial charge in [-0.15, -0.1) is 0 Å². The number of aliphatic hydroxyl groups is 1. The number of aliphatic hydroxyl groups excluding tert-OH is 1. The van der Waals surface area contributed by atoms with Crippen LogP contribution in [0.15, 0.2) is 12.1 Å². The molecule has 1 aromatic rings. The SMILES string of the molecule is COc1cc2c(cc1O)NC(=O)C1C[C@@H](O)CN1C2=O. The zero-order valence-corrected chi connectivity index (χ0v) is 10.8. The number of aromatic hydroxyl groups is 1. The average Bonchev–Trinajstić information content (AvgIpc) is 2.77. The molecule has 1 fully saturated rings. The second kappa shape index (κ2) is 4.38. The van der Waals surface area contributed by atoms with Crippen LogP contribution < -0.4 is 10.1 Å². The summed E-state index contributed by atoms with van der Waals surface area (Å²) in [4.78, 5) is 25.9. The number of anilines is 1. The highest BCUT2D eigenvalue weighted by atomic mass is 16.5. The lowest BCUT2D eigenvalue weighted by Gasteiger charge is -2.19. The molecule has 2 aliphatic heterocycles. The van der Waals surface area contributed by atoms with E-state index in [4.69, 9.17) is 4.74 Å². The van der Waals surface area contributed by atoms with Gasteiger partial charge in [-0.05, 0) is 6.07 Å². The predicted molar refractivity (Wildman–Crippen MR) is 68.7 cm³/mol. The number of ether oxygens (including phenoxy) is 1. The number of nitrogens with zero attached hydrogens (tertiary/aromatic N) is 1. The van der Waals surface area contributed by atoms with Gasteiger partial charge in [0.05, 0.1) is 24.5 Å². The van der Waals surface area contributed by atoms with E-state index in [0.717, 1.165) is 0 Å². The fraction of sp³-hybridized carbons (Fsp3) is 0.385. The van der Waals surface area contributed by atoms with Gasteiger partial charge in [0.2, 0.25) is 5.91 Å². The quantitative estimate of drug-likeness (QED) is 0.667. The topological polar surface area (TPSA) is 99.1 Å². The first-order chi connectivity index (χ1) is 9.51. The summed E-state index contributed by atoms with van der Waals surface area (Å²) in [5.41, 5.74) is 0.492. The lowest BCUT2D eigenvalue weighted by molar-refractivity contribution is -0.119. The maximum Gasteiger partial charge on any atom is 0.256 e. The van der Waals surface area contributed by atoms with Crippen LogP contribution in [0.4, 0.5) is 5.69 Å². The van der Waals surface area contributed by atoms with E-state index >= 15 is 0 Å². The van der Waals surface area contributed by atoms with Crippen molar-refractivity contribution in [3.63, 3.8) is 0 Å². The van der Waals surface area contributed by atoms with Crippen LogP contribution in [-0.4, -0.2) is 52.7 Å². The van der Waals surface area contributed by atoms with Gasteiger partial charge in [-0.1, -0.05) is 0 Å². The molecule has 1 unspecified atom stereocenters. The van der Waals surface area contributed by atoms with E-state index in [2.05, 4.69) is 5.32 Å². The first-order valence-electron chi connectivity index (χ1n) is 6.22. The smallest absolute Gasteiger partial charge is 0.256 e. The Balaban J connectivity index is 2.10. The number of hydrogen-bond donors (Lipinski definition) is 3. The monoisotopic (exact) mass is 278 g/mol. The summed E-state index contributed by atoms with van der Waals surface area (Å²) in [6.07, 6.45) is -0.482. The van der Waals surface area contributed by atoms with Crippen LogP contribution in [0.25, 0.3) is 0 Å². The third kappa shape index (κ3) is 1.78. The molecule has 0 radical (unpaired) electrons. The molecule has 0 aliphatic carbocycles. The molecule has 2 atom stereocenters. The van der Waals surface area contributed by atoms with Crippen LogP contribution in [-0.2, 0) is 4.79 Å². The molecule has 0 aromatic heterocycles. The number of nitrogens with one attached hydrogen (secondary N) is 1. The fourth-order valence-electron chi connectivity index (χ4n) is 2.67. The summed E-state index contributed by atoms with van der Waals surface area (Å²) in [5.74, 6) is -0.720. The Labute approximate surface area is 114 Å². The molecule has 1 aromatic carbocycles. The number of amides is 2. The maximum absolute atomic E-state index is 12.5. The van der Waals surface area contributed by atoms with Crippen molar-refractivity contribution in [3.8, 4) is 11.5 Å². The number of carbonyl (C=O) groups excluding carboxylic acids is 2. The average molecular weight is 278 g/mol. The van der Waals surface area contributed by atoms with Crippen molar-refractivity contribution in [1.82, 2.24) is 4.90 Å². The summed E-state index contributed by atoms with van der Waals surface area (Å²) < 4.78 is 4.98. The molecular weight excluding hydrogens is 264 g/mol. The standard InChI is InChI=1S/C13H14N2O5/c1-20-11-3-7-8(4-10(11)17)14-12(18)9-2-6(16)5-15(9)13(7)19/h3-4,6,9,16-17H,2,5H2,1H3,(H,14,18)/t6-,9?/m1/s1. The molecule has 3 N–H and O–H groups in total. The first kappa shape index (κ1) is 12.7. The highest BCUT2D eigenvalue weighted by molar-refractivity contribution is 6.10. The second-order valence-electron chi connectivity index (χ2n) is 4.92. The number of rotatable bonds is 1. The minimum absolute atomic E-state index is 0.125. The van der Waals surface area contributed by atoms with E-state index in [0.29, 0.717) is 0 Å². The Bertz CT molecular complexity index is 601. The van der Waals surface area contributed by atoms with Gasteiger partial charge in [-0.25, -0.2) is 0 Å². The summed E-state index contributed by atoms with van der Waals surface area (Å²) in [6, 6.07) is 2.00. The summed E-state index contributed by atoms with van der Waals surface area (Å²) in [5, 5.41) is 22.0. The van der Waals surface area contributed by atoms with Crippen molar-refractivity contribution in [2.24, 2.45) is 0 Å². The Kier molecular flexibility index (Phi) is 2.79. The van der Waals surface area contributed by atoms with Gasteiger partial charge < -0.3 is 25.2 Å². The van der Waals surface area contributed by atoms with Crippen LogP contribution in [0, 0.1) is 0 Å². The molecule has 1 saturated heterocycles. The van der Waals surface area contributed by atoms with Crippen molar-refractivity contribution in [2.75, 3.05) is 19.0 Å². The zero-order valence-electron chi connectivity index (χ0n) is 10.8. The normalized spacial score (nSPS) is 24.8. The minimum Gasteiger partial charge on any atom is -0.504 e. The number of phenolic OH excluding ortho intramolecular Hbond substituents is 1. The highest BCUT2D eigenvalue weighted by Crippen LogP contribution is 2.36. The van der Waals surface area contributed by atoms with E-state index in [1.165, 1.54) is 24.1 Å². The van der Waals surface area contributed by atoms with Gasteiger partial charge in [0, 0.05) is 19.0 Å². The van der Waals surface area contributed by atoms with Crippen molar-refractivity contribution in [2.45, 2.75) is 18.6 Å². The van der Waals surface area contributed by atoms with Gasteiger partial charge in [-0.2, -0.15) is 0 Å². The molecule has 7 heteroatoms. The van der Waals surface area contributed by atoms with E-state index in [1.807, 2.05) is 0 Å². The number of hydrogen-bond acceptors (Lipinski definition) is 5. The van der Waals surface area contributed by atoms with Gasteiger partial charge in [-0.3, -0.25) is 9.59 Å². The largest absolute Gasteiger partial charge is 0.504 e. The molecular formula is C13H14N2O5. The number of benzene rings is 1. The summed E-state index contributed by atoms with van der Waals surface area (Å²) in [6.45, 7) is 0.125. The Morgan fingerprint density at radius 3 is 2.85 bits per heavy atom. The third-order valence-corrected chi connectivity index (χ3v) is 3.65. The molecule has 0 bridgehead atoms. The number of phenols is 1. The molecule has 2 heterocycles. The van der Waals surface area contributed by atoms with Crippen LogP contribution >= 0.6 is 0 Å². The van der Waals surface area contributed by atoms with E-state index in [9.17, 15) is 19.8 Å². The van der Waals surface area contributed by atoms with Gasteiger partial charge in [0.25, 0.3) is 5.91 Å². The van der Waals surface area contributed by atoms with E-state index in [-0.39, 0.29) is 47.5 Å². The lowest BCUT2D eigenvalue weighted by Crippen LogP contribution is -2.40. The van der Waals surface area contributed by atoms with Crippen molar-refractivity contribution in [1.29, 1.82) is 0 Å². The molecule has 7 nitrogen and oxygen atoms in total. The van der Waals surface area contributed by atoms with Crippen LogP contribution in [0.1, 0.15) is 16.8 Å². The van der Waals surface area contributed by atoms with Gasteiger partial charge >= 0.3 is 0 Å². The van der Waals surface area contributed by atoms with Crippen molar-refractivity contribution < 1.29 is 24.5 Å². The third-order valence-electron chi connectivity index (χ3n) is 3.65. The van der Waals surface area contributed by atoms with Crippen LogP contribution in [0.2, 0.25) is 0 Å². The fourth-order valence-corrected chi connectivity index (χ4v) is 2.67. The Morgan fingerprint density at radius 2 is 2.15 bits per heavy atom. The van der Waals surface area contributed by atoms with Crippen molar-refractivity contribution in [3.05, 3.63) is 17.7 Å². The first-order valence-corrected chi connectivity index (χ1v) is 6.22. The highest BCUT2D eigenvalue weighted by Gasteiger charge is 2.42. The predicted octanol–water partition coefficient (Wildman–Crippen LogP) is -0.0717. The molecule has 106 valence electrons. The van der Waals surface area contributed by atoms with Crippen LogP contribution in [0.3, 0.4) is 0 Å². The van der Waals surface area contributed by atoms with E-state index < -0.39 is 12.1 Å². The zero-order chi connectivity index (χ0) is 14.4.